The van der Waals surface area contributed by atoms with Gasteiger partial charge in [-0.3, -0.25) is 0 Å². The van der Waals surface area contributed by atoms with Crippen LogP contribution < -0.4 is 5.48 Å². The van der Waals surface area contributed by atoms with Crippen molar-refractivity contribution in [3.8, 4) is 0 Å². The largest absolute Gasteiger partial charge is 0.234 e. The number of benzene rings is 1. The van der Waals surface area contributed by atoms with Crippen molar-refractivity contribution in [2.45, 2.75) is 13.8 Å². The quantitative estimate of drug-likeness (QED) is 0.330. The second kappa shape index (κ2) is 8.39. The van der Waals surface area contributed by atoms with E-state index in [-0.39, 0.29) is 0 Å². The van der Waals surface area contributed by atoms with Crippen LogP contribution in [0.15, 0.2) is 30.3 Å². The Labute approximate surface area is 78.2 Å². The van der Waals surface area contributed by atoms with Gasteiger partial charge in [-0.1, -0.05) is 32.0 Å². The molecular weight excluding hydrogens is 174 g/mol. The van der Waals surface area contributed by atoms with Gasteiger partial charge in [0.1, 0.15) is 0 Å². The SMILES string of the molecule is CC.SOONc1ccccc1. The molecule has 12 heavy (non-hydrogen) atoms. The van der Waals surface area contributed by atoms with Gasteiger partial charge in [-0.15, -0.1) is 9.32 Å². The molecule has 3 nitrogen and oxygen atoms in total. The molecule has 0 aliphatic rings. The lowest BCUT2D eigenvalue weighted by Gasteiger charge is -1.99. The summed E-state index contributed by atoms with van der Waals surface area (Å²) >= 11 is 3.37. The van der Waals surface area contributed by atoms with Gasteiger partial charge in [-0.05, 0) is 12.1 Å². The van der Waals surface area contributed by atoms with Gasteiger partial charge in [-0.25, -0.2) is 5.48 Å². The van der Waals surface area contributed by atoms with Gasteiger partial charge in [0, 0.05) is 12.9 Å². The maximum atomic E-state index is 4.33. The summed E-state index contributed by atoms with van der Waals surface area (Å²) in [6.45, 7) is 4.00. The highest BCUT2D eigenvalue weighted by molar-refractivity contribution is 7.74. The zero-order valence-corrected chi connectivity index (χ0v) is 8.04. The third-order valence-electron chi connectivity index (χ3n) is 0.971. The number of hydrogen-bond donors (Lipinski definition) is 2. The highest BCUT2D eigenvalue weighted by Crippen LogP contribution is 2.04. The fourth-order valence-corrected chi connectivity index (χ4v) is 0.610. The first-order chi connectivity index (χ1) is 5.93. The molecule has 1 aromatic rings. The molecule has 4 heteroatoms. The zero-order chi connectivity index (χ0) is 9.23. The Morgan fingerprint density at radius 3 is 2.25 bits per heavy atom. The van der Waals surface area contributed by atoms with E-state index in [1.54, 1.807) is 0 Å². The van der Waals surface area contributed by atoms with Crippen molar-refractivity contribution in [3.63, 3.8) is 0 Å². The molecule has 0 unspecified atom stereocenters. The Morgan fingerprint density at radius 1 is 1.17 bits per heavy atom. The van der Waals surface area contributed by atoms with Gasteiger partial charge < -0.3 is 0 Å². The summed E-state index contributed by atoms with van der Waals surface area (Å²) in [7, 11) is 0. The van der Waals surface area contributed by atoms with Crippen LogP contribution in [0, 0.1) is 0 Å². The molecule has 0 aliphatic heterocycles. The van der Waals surface area contributed by atoms with Gasteiger partial charge in [0.15, 0.2) is 0 Å². The van der Waals surface area contributed by atoms with Crippen LogP contribution in [0.5, 0.6) is 0 Å². The normalized spacial score (nSPS) is 8.25. The van der Waals surface area contributed by atoms with Gasteiger partial charge in [0.25, 0.3) is 0 Å². The maximum absolute atomic E-state index is 4.33. The molecule has 0 amide bonds. The summed E-state index contributed by atoms with van der Waals surface area (Å²) < 4.78 is 4.03. The molecule has 0 saturated heterocycles. The summed E-state index contributed by atoms with van der Waals surface area (Å²) in [5.41, 5.74) is 3.31. The van der Waals surface area contributed by atoms with Gasteiger partial charge in [-0.2, -0.15) is 0 Å². The van der Waals surface area contributed by atoms with Crippen molar-refractivity contribution in [2.75, 3.05) is 5.48 Å². The zero-order valence-electron chi connectivity index (χ0n) is 7.15. The third kappa shape index (κ3) is 5.01. The summed E-state index contributed by atoms with van der Waals surface area (Å²) in [4.78, 5) is 4.33. The Morgan fingerprint density at radius 2 is 1.75 bits per heavy atom. The first-order valence-electron chi connectivity index (χ1n) is 3.71. The third-order valence-corrected chi connectivity index (χ3v) is 1.05. The van der Waals surface area contributed by atoms with E-state index in [9.17, 15) is 0 Å². The van der Waals surface area contributed by atoms with Crippen molar-refractivity contribution < 1.29 is 9.32 Å². The molecular formula is C8H13NO2S. The Balaban J connectivity index is 0.000000561. The van der Waals surface area contributed by atoms with Gasteiger partial charge in [0.2, 0.25) is 0 Å². The molecule has 0 fully saturated rings. The monoisotopic (exact) mass is 187 g/mol. The number of thiol groups is 1. The molecule has 0 aromatic heterocycles. The van der Waals surface area contributed by atoms with Crippen LogP contribution >= 0.6 is 12.9 Å². The highest BCUT2D eigenvalue weighted by atomic mass is 32.1. The van der Waals surface area contributed by atoms with Crippen LogP contribution in [-0.4, -0.2) is 0 Å². The fraction of sp³-hybridized carbons (Fsp3) is 0.250. The summed E-state index contributed by atoms with van der Waals surface area (Å²) in [5, 5.41) is 0. The molecule has 0 radical (unpaired) electrons. The molecule has 0 saturated carbocycles. The number of rotatable bonds is 3. The van der Waals surface area contributed by atoms with Crippen molar-refractivity contribution >= 4 is 18.6 Å². The second-order valence-electron chi connectivity index (χ2n) is 1.63. The smallest absolute Gasteiger partial charge is 0.0635 e. The lowest BCUT2D eigenvalue weighted by atomic mass is 10.3. The fourth-order valence-electron chi connectivity index (χ4n) is 0.573. The van der Waals surface area contributed by atoms with Crippen LogP contribution in [0.4, 0.5) is 5.69 Å². The molecule has 0 heterocycles. The van der Waals surface area contributed by atoms with Crippen molar-refractivity contribution in [1.29, 1.82) is 0 Å². The molecule has 0 spiro atoms. The Hall–Kier alpha value is -0.710. The number of hydrogen-bond acceptors (Lipinski definition) is 4. The van der Waals surface area contributed by atoms with Crippen LogP contribution in [0.25, 0.3) is 0 Å². The molecule has 1 rings (SSSR count). The van der Waals surface area contributed by atoms with E-state index in [1.165, 1.54) is 0 Å². The minimum Gasteiger partial charge on any atom is -0.234 e. The number of anilines is 1. The number of nitrogens with one attached hydrogen (secondary N) is 1. The predicted octanol–water partition coefficient (Wildman–Crippen LogP) is 2.83. The van der Waals surface area contributed by atoms with Crippen molar-refractivity contribution in [2.24, 2.45) is 0 Å². The minimum atomic E-state index is 0.816. The van der Waals surface area contributed by atoms with Crippen molar-refractivity contribution in [1.82, 2.24) is 0 Å². The van der Waals surface area contributed by atoms with Crippen LogP contribution in [-0.2, 0) is 9.32 Å². The second-order valence-corrected chi connectivity index (χ2v) is 1.78. The molecule has 68 valence electrons. The Kier molecular flexibility index (Phi) is 7.89. The average molecular weight is 187 g/mol. The molecule has 1 aromatic carbocycles. The van der Waals surface area contributed by atoms with Gasteiger partial charge in [0.05, 0.1) is 5.69 Å². The van der Waals surface area contributed by atoms with Gasteiger partial charge >= 0.3 is 0 Å². The first-order valence-corrected chi connectivity index (χ1v) is 4.08. The topological polar surface area (TPSA) is 30.5 Å². The van der Waals surface area contributed by atoms with E-state index < -0.39 is 0 Å². The van der Waals surface area contributed by atoms with Crippen LogP contribution in [0.3, 0.4) is 0 Å². The molecule has 0 aliphatic carbocycles. The molecule has 0 bridgehead atoms. The summed E-state index contributed by atoms with van der Waals surface area (Å²) in [6.07, 6.45) is 0. The van der Waals surface area contributed by atoms with Crippen molar-refractivity contribution in [3.05, 3.63) is 30.3 Å². The Bertz CT molecular complexity index is 182. The highest BCUT2D eigenvalue weighted by Gasteiger charge is 1.85. The van der Waals surface area contributed by atoms with E-state index in [1.807, 2.05) is 44.2 Å². The first kappa shape index (κ1) is 11.3. The predicted molar refractivity (Wildman–Crippen MR) is 52.6 cm³/mol. The lowest BCUT2D eigenvalue weighted by molar-refractivity contribution is -0.158. The van der Waals surface area contributed by atoms with E-state index in [4.69, 9.17) is 0 Å². The number of para-hydroxylation sites is 1. The molecule has 0 atom stereocenters. The average Bonchev–Trinajstić information content (AvgIpc) is 2.19. The van der Waals surface area contributed by atoms with E-state index in [0.29, 0.717) is 0 Å². The van der Waals surface area contributed by atoms with Crippen LogP contribution in [0.2, 0.25) is 0 Å². The van der Waals surface area contributed by atoms with E-state index in [0.717, 1.165) is 5.69 Å². The van der Waals surface area contributed by atoms with Crippen LogP contribution in [0.1, 0.15) is 13.8 Å². The lowest BCUT2D eigenvalue weighted by Crippen LogP contribution is -1.95. The maximum Gasteiger partial charge on any atom is 0.0635 e. The summed E-state index contributed by atoms with van der Waals surface area (Å²) in [5.74, 6) is 0. The van der Waals surface area contributed by atoms with E-state index >= 15 is 0 Å². The summed E-state index contributed by atoms with van der Waals surface area (Å²) in [6, 6.07) is 9.35. The standard InChI is InChI=1S/C6H7NO2S.C2H6/c10-9-8-7-6-4-2-1-3-5-6;1-2/h1-5,7,10H;1-2H3. The van der Waals surface area contributed by atoms with E-state index in [2.05, 4.69) is 27.7 Å². The molecule has 1 N–H and O–H groups in total. The minimum absolute atomic E-state index is 0.816.